The Morgan fingerprint density at radius 2 is 2.04 bits per heavy atom. The van der Waals surface area contributed by atoms with Crippen molar-refractivity contribution in [2.45, 2.75) is 19.8 Å². The highest BCUT2D eigenvalue weighted by Gasteiger charge is 2.01. The predicted octanol–water partition coefficient (Wildman–Crippen LogP) is 2.41. The molecule has 136 valence electrons. The molecule has 0 atom stereocenters. The number of likely N-dealkylation sites (N-methyl/N-ethyl adjacent to an activating group) is 1. The number of rotatable bonds is 11. The number of hydrogen-bond donors (Lipinski definition) is 2. The van der Waals surface area contributed by atoms with Crippen molar-refractivity contribution in [3.63, 3.8) is 0 Å². The number of benzene rings is 1. The lowest BCUT2D eigenvalue weighted by Gasteiger charge is -2.15. The molecule has 5 nitrogen and oxygen atoms in total. The first-order valence-electron chi connectivity index (χ1n) is 8.60. The number of nitrogens with one attached hydrogen (secondary N) is 2. The van der Waals surface area contributed by atoms with Crippen LogP contribution in [0.25, 0.3) is 0 Å². The maximum absolute atomic E-state index is 6.18. The monoisotopic (exact) mass is 354 g/mol. The second-order valence-corrected chi connectivity index (χ2v) is 6.09. The van der Waals surface area contributed by atoms with E-state index in [9.17, 15) is 0 Å². The third-order valence-electron chi connectivity index (χ3n) is 3.63. The Morgan fingerprint density at radius 1 is 1.25 bits per heavy atom. The van der Waals surface area contributed by atoms with Gasteiger partial charge in [-0.1, -0.05) is 29.8 Å². The van der Waals surface area contributed by atoms with Crippen molar-refractivity contribution in [3.05, 3.63) is 34.9 Å². The average molecular weight is 355 g/mol. The highest BCUT2D eigenvalue weighted by atomic mass is 35.5. The minimum absolute atomic E-state index is 0.770. The third-order valence-corrected chi connectivity index (χ3v) is 4.00. The fourth-order valence-electron chi connectivity index (χ4n) is 2.25. The lowest BCUT2D eigenvalue weighted by Crippen LogP contribution is -2.38. The molecular weight excluding hydrogens is 324 g/mol. The van der Waals surface area contributed by atoms with E-state index in [1.54, 1.807) is 7.11 Å². The summed E-state index contributed by atoms with van der Waals surface area (Å²) in [4.78, 5) is 6.88. The SMILES string of the molecule is CCNC(=NCCCN(C)CCOC)NCCc1ccccc1Cl. The third kappa shape index (κ3) is 9.11. The van der Waals surface area contributed by atoms with Gasteiger partial charge in [-0.2, -0.15) is 0 Å². The maximum Gasteiger partial charge on any atom is 0.191 e. The van der Waals surface area contributed by atoms with Gasteiger partial charge in [-0.25, -0.2) is 0 Å². The van der Waals surface area contributed by atoms with Crippen molar-refractivity contribution >= 4 is 17.6 Å². The summed E-state index contributed by atoms with van der Waals surface area (Å²) in [5, 5.41) is 7.46. The highest BCUT2D eigenvalue weighted by Crippen LogP contribution is 2.14. The van der Waals surface area contributed by atoms with E-state index in [-0.39, 0.29) is 0 Å². The molecule has 0 aliphatic carbocycles. The summed E-state index contributed by atoms with van der Waals surface area (Å²) in [6.07, 6.45) is 1.91. The van der Waals surface area contributed by atoms with Gasteiger partial charge in [0.05, 0.1) is 6.61 Å². The largest absolute Gasteiger partial charge is 0.383 e. The van der Waals surface area contributed by atoms with E-state index in [1.165, 1.54) is 0 Å². The second-order valence-electron chi connectivity index (χ2n) is 5.68. The fraction of sp³-hybridized carbons (Fsp3) is 0.611. The second kappa shape index (κ2) is 13.0. The first-order valence-corrected chi connectivity index (χ1v) is 8.98. The number of nitrogens with zero attached hydrogens (tertiary/aromatic N) is 2. The van der Waals surface area contributed by atoms with E-state index >= 15 is 0 Å². The normalized spacial score (nSPS) is 11.8. The van der Waals surface area contributed by atoms with Crippen LogP contribution in [0.3, 0.4) is 0 Å². The van der Waals surface area contributed by atoms with E-state index in [2.05, 4.69) is 40.6 Å². The van der Waals surface area contributed by atoms with Crippen LogP contribution in [0.4, 0.5) is 0 Å². The molecule has 1 rings (SSSR count). The minimum Gasteiger partial charge on any atom is -0.383 e. The topological polar surface area (TPSA) is 48.9 Å². The number of halogens is 1. The molecule has 0 aromatic heterocycles. The molecule has 0 heterocycles. The lowest BCUT2D eigenvalue weighted by atomic mass is 10.1. The van der Waals surface area contributed by atoms with Gasteiger partial charge in [0.1, 0.15) is 0 Å². The molecule has 24 heavy (non-hydrogen) atoms. The molecule has 0 unspecified atom stereocenters. The summed E-state index contributed by atoms with van der Waals surface area (Å²) in [7, 11) is 3.84. The number of methoxy groups -OCH3 is 1. The van der Waals surface area contributed by atoms with Crippen molar-refractivity contribution in [2.75, 3.05) is 53.5 Å². The Morgan fingerprint density at radius 3 is 2.75 bits per heavy atom. The molecule has 0 bridgehead atoms. The summed E-state index contributed by atoms with van der Waals surface area (Å²) in [5.74, 6) is 0.865. The zero-order valence-corrected chi connectivity index (χ0v) is 15.9. The number of ether oxygens (including phenoxy) is 1. The molecule has 0 saturated carbocycles. The summed E-state index contributed by atoms with van der Waals surface area (Å²) < 4.78 is 5.08. The molecule has 0 saturated heterocycles. The Labute approximate surface area is 151 Å². The van der Waals surface area contributed by atoms with Crippen LogP contribution in [0.5, 0.6) is 0 Å². The summed E-state index contributed by atoms with van der Waals surface area (Å²) >= 11 is 6.18. The van der Waals surface area contributed by atoms with Crippen LogP contribution in [-0.2, 0) is 11.2 Å². The molecule has 0 amide bonds. The number of aliphatic imine (C=N–C) groups is 1. The Bertz CT molecular complexity index is 482. The molecule has 0 radical (unpaired) electrons. The van der Waals surface area contributed by atoms with Gasteiger partial charge in [-0.05, 0) is 45.0 Å². The first kappa shape index (κ1) is 20.7. The van der Waals surface area contributed by atoms with Crippen LogP contribution >= 0.6 is 11.6 Å². The van der Waals surface area contributed by atoms with Gasteiger partial charge in [-0.3, -0.25) is 4.99 Å². The van der Waals surface area contributed by atoms with Crippen LogP contribution in [0.2, 0.25) is 5.02 Å². The van der Waals surface area contributed by atoms with Gasteiger partial charge in [0.25, 0.3) is 0 Å². The van der Waals surface area contributed by atoms with Gasteiger partial charge in [-0.15, -0.1) is 0 Å². The summed E-state index contributed by atoms with van der Waals surface area (Å²) in [5.41, 5.74) is 1.15. The first-order chi connectivity index (χ1) is 11.7. The van der Waals surface area contributed by atoms with E-state index in [0.29, 0.717) is 0 Å². The number of hydrogen-bond acceptors (Lipinski definition) is 3. The fourth-order valence-corrected chi connectivity index (χ4v) is 2.48. The summed E-state index contributed by atoms with van der Waals surface area (Å²) in [6, 6.07) is 7.95. The van der Waals surface area contributed by atoms with Crippen LogP contribution in [0.1, 0.15) is 18.9 Å². The Kier molecular flexibility index (Phi) is 11.3. The van der Waals surface area contributed by atoms with Gasteiger partial charge >= 0.3 is 0 Å². The Hall–Kier alpha value is -1.30. The lowest BCUT2D eigenvalue weighted by molar-refractivity contribution is 0.161. The van der Waals surface area contributed by atoms with Crippen LogP contribution < -0.4 is 10.6 Å². The number of guanidine groups is 1. The van der Waals surface area contributed by atoms with E-state index < -0.39 is 0 Å². The average Bonchev–Trinajstić information content (AvgIpc) is 2.58. The molecule has 0 spiro atoms. The highest BCUT2D eigenvalue weighted by molar-refractivity contribution is 6.31. The van der Waals surface area contributed by atoms with Gasteiger partial charge in [0.2, 0.25) is 0 Å². The summed E-state index contributed by atoms with van der Waals surface area (Å²) in [6.45, 7) is 7.28. The predicted molar refractivity (Wildman–Crippen MR) is 103 cm³/mol. The van der Waals surface area contributed by atoms with Crippen LogP contribution in [-0.4, -0.2) is 64.3 Å². The zero-order valence-electron chi connectivity index (χ0n) is 15.1. The van der Waals surface area contributed by atoms with Crippen LogP contribution in [0, 0.1) is 0 Å². The van der Waals surface area contributed by atoms with E-state index in [4.69, 9.17) is 16.3 Å². The molecule has 1 aromatic rings. The minimum atomic E-state index is 0.770. The molecule has 0 aliphatic rings. The molecule has 2 N–H and O–H groups in total. The van der Waals surface area contributed by atoms with E-state index in [1.807, 2.05) is 18.2 Å². The Balaban J connectivity index is 2.30. The molecule has 1 aromatic carbocycles. The smallest absolute Gasteiger partial charge is 0.191 e. The standard InChI is InChI=1S/C18H31ClN4O/c1-4-20-18(21-11-7-13-23(2)14-15-24-3)22-12-10-16-8-5-6-9-17(16)19/h5-6,8-9H,4,7,10-15H2,1-3H3,(H2,20,21,22). The van der Waals surface area contributed by atoms with Gasteiger partial charge < -0.3 is 20.3 Å². The van der Waals surface area contributed by atoms with Gasteiger partial charge in [0.15, 0.2) is 5.96 Å². The van der Waals surface area contributed by atoms with Crippen molar-refractivity contribution in [2.24, 2.45) is 4.99 Å². The van der Waals surface area contributed by atoms with Crippen molar-refractivity contribution < 1.29 is 4.74 Å². The molecule has 6 heteroatoms. The molecular formula is C18H31ClN4O. The quantitative estimate of drug-likeness (QED) is 0.364. The zero-order chi connectivity index (χ0) is 17.6. The van der Waals surface area contributed by atoms with Crippen molar-refractivity contribution in [3.8, 4) is 0 Å². The van der Waals surface area contributed by atoms with Crippen LogP contribution in [0.15, 0.2) is 29.3 Å². The van der Waals surface area contributed by atoms with Crippen molar-refractivity contribution in [1.29, 1.82) is 0 Å². The molecule has 0 aliphatic heterocycles. The maximum atomic E-state index is 6.18. The molecule has 0 fully saturated rings. The van der Waals surface area contributed by atoms with Crippen molar-refractivity contribution in [1.82, 2.24) is 15.5 Å². The van der Waals surface area contributed by atoms with Gasteiger partial charge in [0, 0.05) is 38.3 Å². The van der Waals surface area contributed by atoms with E-state index in [0.717, 1.165) is 68.7 Å².